The van der Waals surface area contributed by atoms with Gasteiger partial charge in [0.15, 0.2) is 0 Å². The number of carbonyl (C=O) groups is 1. The Labute approximate surface area is 147 Å². The van der Waals surface area contributed by atoms with Crippen molar-refractivity contribution in [3.63, 3.8) is 0 Å². The monoisotopic (exact) mass is 336 g/mol. The fraction of sp³-hybridized carbons (Fsp3) is 0.857. The maximum Gasteiger partial charge on any atom is 0.137 e. The second-order valence-electron chi connectivity index (χ2n) is 9.22. The smallest absolute Gasteiger partial charge is 0.137 e. The molecule has 138 valence electrons. The Balaban J connectivity index is 2.61. The molecule has 2 fully saturated rings. The molecule has 24 heavy (non-hydrogen) atoms. The number of carbonyl (C=O) groups excluding carboxylic acids is 1. The Bertz CT molecular complexity index is 497. The molecule has 0 amide bonds. The van der Waals surface area contributed by atoms with Crippen molar-refractivity contribution in [1.82, 2.24) is 0 Å². The fourth-order valence-electron chi connectivity index (χ4n) is 5.70. The van der Waals surface area contributed by atoms with E-state index >= 15 is 0 Å². The lowest BCUT2D eigenvalue weighted by molar-refractivity contribution is -0.158. The minimum absolute atomic E-state index is 0.00951. The second kappa shape index (κ2) is 6.57. The third-order valence-corrected chi connectivity index (χ3v) is 7.49. The molecule has 0 aromatic carbocycles. The van der Waals surface area contributed by atoms with E-state index in [0.717, 1.165) is 25.7 Å². The van der Waals surface area contributed by atoms with Crippen LogP contribution in [0.25, 0.3) is 0 Å². The molecule has 2 N–H and O–H groups in total. The van der Waals surface area contributed by atoms with Crippen LogP contribution in [-0.2, 0) is 4.79 Å². The minimum atomic E-state index is -0.629. The summed E-state index contributed by atoms with van der Waals surface area (Å²) in [5, 5.41) is 22.2. The summed E-state index contributed by atoms with van der Waals surface area (Å²) in [6.45, 7) is 14.3. The molecule has 2 aliphatic carbocycles. The molecule has 0 unspecified atom stereocenters. The summed E-state index contributed by atoms with van der Waals surface area (Å²) >= 11 is 0. The summed E-state index contributed by atoms with van der Waals surface area (Å²) in [6, 6.07) is 0. The molecule has 2 rings (SSSR count). The normalized spacial score (nSPS) is 45.4. The molecular weight excluding hydrogens is 300 g/mol. The zero-order valence-electron chi connectivity index (χ0n) is 16.1. The van der Waals surface area contributed by atoms with Gasteiger partial charge in [0.1, 0.15) is 5.78 Å². The first-order valence-corrected chi connectivity index (χ1v) is 9.59. The Morgan fingerprint density at radius 1 is 1.29 bits per heavy atom. The van der Waals surface area contributed by atoms with Gasteiger partial charge in [-0.15, -0.1) is 6.58 Å². The van der Waals surface area contributed by atoms with Gasteiger partial charge in [0.25, 0.3) is 0 Å². The van der Waals surface area contributed by atoms with E-state index in [1.54, 1.807) is 6.08 Å². The van der Waals surface area contributed by atoms with E-state index in [0.29, 0.717) is 12.8 Å². The number of rotatable bonds is 4. The van der Waals surface area contributed by atoms with Gasteiger partial charge in [-0.2, -0.15) is 0 Å². The van der Waals surface area contributed by atoms with Gasteiger partial charge in [0, 0.05) is 23.2 Å². The summed E-state index contributed by atoms with van der Waals surface area (Å²) < 4.78 is 0. The van der Waals surface area contributed by atoms with Crippen LogP contribution in [0.15, 0.2) is 12.7 Å². The van der Waals surface area contributed by atoms with Gasteiger partial charge >= 0.3 is 0 Å². The van der Waals surface area contributed by atoms with E-state index in [2.05, 4.69) is 20.4 Å². The quantitative estimate of drug-likeness (QED) is 0.759. The highest BCUT2D eigenvalue weighted by Crippen LogP contribution is 2.62. The molecular formula is C21H36O3. The largest absolute Gasteiger partial charge is 0.393 e. The number of aliphatic hydroxyl groups is 2. The first-order chi connectivity index (χ1) is 11.1. The highest BCUT2D eigenvalue weighted by atomic mass is 16.3. The van der Waals surface area contributed by atoms with Gasteiger partial charge in [-0.3, -0.25) is 4.79 Å². The number of fused-ring (bicyclic) bond motifs is 1. The summed E-state index contributed by atoms with van der Waals surface area (Å²) in [5.41, 5.74) is -1.24. The molecule has 3 nitrogen and oxygen atoms in total. The van der Waals surface area contributed by atoms with Crippen LogP contribution >= 0.6 is 0 Å². The van der Waals surface area contributed by atoms with Crippen LogP contribution < -0.4 is 0 Å². The minimum Gasteiger partial charge on any atom is -0.393 e. The van der Waals surface area contributed by atoms with E-state index in [9.17, 15) is 15.0 Å². The van der Waals surface area contributed by atoms with Crippen LogP contribution in [0.4, 0.5) is 0 Å². The molecule has 2 saturated carbocycles. The van der Waals surface area contributed by atoms with Crippen LogP contribution in [0.1, 0.15) is 73.1 Å². The SMILES string of the molecule is C=C[C@]1(C)C[C@@H](O)C(C)(C)[C@@H]2C(=O)CC[C@@]2(CCCC)[C@@H](C)[C@@H]1O. The van der Waals surface area contributed by atoms with Crippen LogP contribution in [0, 0.1) is 28.1 Å². The lowest BCUT2D eigenvalue weighted by Gasteiger charge is -2.55. The maximum absolute atomic E-state index is 12.9. The van der Waals surface area contributed by atoms with E-state index in [1.807, 2.05) is 20.8 Å². The zero-order valence-corrected chi connectivity index (χ0v) is 16.1. The number of aliphatic hydroxyl groups excluding tert-OH is 2. The molecule has 0 aliphatic heterocycles. The van der Waals surface area contributed by atoms with Crippen molar-refractivity contribution >= 4 is 5.78 Å². The van der Waals surface area contributed by atoms with Crippen molar-refractivity contribution in [3.8, 4) is 0 Å². The van der Waals surface area contributed by atoms with Gasteiger partial charge in [-0.1, -0.05) is 53.5 Å². The van der Waals surface area contributed by atoms with Crippen molar-refractivity contribution in [2.75, 3.05) is 0 Å². The number of Topliss-reactive ketones (excluding diaryl/α,β-unsaturated/α-hetero) is 1. The number of hydrogen-bond donors (Lipinski definition) is 2. The molecule has 6 atom stereocenters. The lowest BCUT2D eigenvalue weighted by atomic mass is 9.50. The maximum atomic E-state index is 12.9. The standard InChI is InChI=1S/C21H36O3/c1-7-9-11-21-12-10-15(22)17(21)19(4,5)16(23)13-20(6,8-2)18(24)14(21)3/h8,14,16-18,23-24H,2,7,9-13H2,1,3-6H3/t14-,16+,17-,18-,20+,21-/m0/s1. The van der Waals surface area contributed by atoms with Gasteiger partial charge in [0.2, 0.25) is 0 Å². The topological polar surface area (TPSA) is 57.5 Å². The van der Waals surface area contributed by atoms with E-state index in [4.69, 9.17) is 0 Å². The van der Waals surface area contributed by atoms with Crippen LogP contribution in [0.2, 0.25) is 0 Å². The summed E-state index contributed by atoms with van der Waals surface area (Å²) in [5.74, 6) is 0.109. The lowest BCUT2D eigenvalue weighted by Crippen LogP contribution is -2.57. The average Bonchev–Trinajstić information content (AvgIpc) is 2.88. The molecule has 0 bridgehead atoms. The Kier molecular flexibility index (Phi) is 5.38. The molecule has 2 aliphatic rings. The number of unbranched alkanes of at least 4 members (excludes halogenated alkanes) is 1. The fourth-order valence-corrected chi connectivity index (χ4v) is 5.70. The molecule has 0 saturated heterocycles. The number of hydrogen-bond acceptors (Lipinski definition) is 3. The Morgan fingerprint density at radius 2 is 1.92 bits per heavy atom. The highest BCUT2D eigenvalue weighted by molar-refractivity contribution is 5.85. The van der Waals surface area contributed by atoms with Crippen LogP contribution in [-0.4, -0.2) is 28.2 Å². The van der Waals surface area contributed by atoms with Crippen molar-refractivity contribution < 1.29 is 15.0 Å². The van der Waals surface area contributed by atoms with Gasteiger partial charge in [-0.05, 0) is 30.6 Å². The summed E-state index contributed by atoms with van der Waals surface area (Å²) in [7, 11) is 0. The van der Waals surface area contributed by atoms with Crippen molar-refractivity contribution in [2.45, 2.75) is 85.4 Å². The van der Waals surface area contributed by atoms with E-state index in [1.165, 1.54) is 0 Å². The second-order valence-corrected chi connectivity index (χ2v) is 9.22. The van der Waals surface area contributed by atoms with Crippen LogP contribution in [0.5, 0.6) is 0 Å². The van der Waals surface area contributed by atoms with Gasteiger partial charge < -0.3 is 10.2 Å². The van der Waals surface area contributed by atoms with Gasteiger partial charge in [0.05, 0.1) is 12.2 Å². The highest BCUT2D eigenvalue weighted by Gasteiger charge is 2.62. The van der Waals surface area contributed by atoms with E-state index < -0.39 is 23.0 Å². The predicted molar refractivity (Wildman–Crippen MR) is 97.6 cm³/mol. The molecule has 3 heteroatoms. The summed E-state index contributed by atoms with van der Waals surface area (Å²) in [6.07, 6.45) is 5.51. The molecule has 0 radical (unpaired) electrons. The van der Waals surface area contributed by atoms with E-state index in [-0.39, 0.29) is 23.0 Å². The molecule has 0 heterocycles. The Hall–Kier alpha value is -0.670. The number of ketones is 1. The molecule has 0 aromatic rings. The third-order valence-electron chi connectivity index (χ3n) is 7.49. The zero-order chi connectivity index (χ0) is 18.3. The first kappa shape index (κ1) is 19.7. The molecule has 0 aromatic heterocycles. The van der Waals surface area contributed by atoms with Crippen molar-refractivity contribution in [2.24, 2.45) is 28.1 Å². The van der Waals surface area contributed by atoms with Crippen LogP contribution in [0.3, 0.4) is 0 Å². The third kappa shape index (κ3) is 2.78. The molecule has 0 spiro atoms. The Morgan fingerprint density at radius 3 is 2.46 bits per heavy atom. The van der Waals surface area contributed by atoms with Crippen molar-refractivity contribution in [3.05, 3.63) is 12.7 Å². The summed E-state index contributed by atoms with van der Waals surface area (Å²) in [4.78, 5) is 12.9. The average molecular weight is 337 g/mol. The first-order valence-electron chi connectivity index (χ1n) is 9.59. The van der Waals surface area contributed by atoms with Crippen molar-refractivity contribution in [1.29, 1.82) is 0 Å². The van der Waals surface area contributed by atoms with Gasteiger partial charge in [-0.25, -0.2) is 0 Å². The predicted octanol–water partition coefficient (Wildman–Crippen LogP) is 4.12.